The molecule has 4 aromatic carbocycles. The summed E-state index contributed by atoms with van der Waals surface area (Å²) < 4.78 is 6.51. The van der Waals surface area contributed by atoms with E-state index in [4.69, 9.17) is 4.42 Å². The second-order valence-electron chi connectivity index (χ2n) is 10.9. The number of carbonyl (C=O) groups excluding carboxylic acids is 1. The molecule has 222 valence electrons. The van der Waals surface area contributed by atoms with E-state index in [-0.39, 0.29) is 13.0 Å². The summed E-state index contributed by atoms with van der Waals surface area (Å²) in [5, 5.41) is 17.3. The van der Waals surface area contributed by atoms with E-state index in [1.807, 2.05) is 101 Å². The summed E-state index contributed by atoms with van der Waals surface area (Å²) in [5.74, 6) is -0.602. The van der Waals surface area contributed by atoms with Crippen molar-refractivity contribution in [3.63, 3.8) is 0 Å². The van der Waals surface area contributed by atoms with Gasteiger partial charge >= 0.3 is 0 Å². The standard InChI is InChI=1S/C36H32N4O3.CH4/c1-39(2)27-15-9-23(10-16-27)37-25-13-19-31-33(21-25)43-34-22-26(38-24-11-17-28(18-12-24)40(3)4)14-20-32(34)35(31)29-7-5-6-8-30(29)36(41)42;/h5-22,37H,1-4H3,(H,41,42);1H4. The molecule has 44 heavy (non-hydrogen) atoms. The van der Waals surface area contributed by atoms with Crippen LogP contribution in [0.2, 0.25) is 0 Å². The monoisotopic (exact) mass is 584 g/mol. The Hall–Kier alpha value is -5.56. The highest BCUT2D eigenvalue weighted by atomic mass is 16.4. The van der Waals surface area contributed by atoms with Crippen molar-refractivity contribution in [3.8, 4) is 22.5 Å². The second-order valence-corrected chi connectivity index (χ2v) is 10.9. The molecule has 4 aromatic rings. The Balaban J connectivity index is 0.00000384. The van der Waals surface area contributed by atoms with Gasteiger partial charge in [0.2, 0.25) is 11.0 Å². The van der Waals surface area contributed by atoms with Gasteiger partial charge in [-0.25, -0.2) is 4.99 Å². The lowest BCUT2D eigenvalue weighted by atomic mass is 9.90. The fraction of sp³-hybridized carbons (Fsp3) is 0.135. The van der Waals surface area contributed by atoms with Crippen molar-refractivity contribution >= 4 is 45.4 Å². The molecule has 1 heterocycles. The molecule has 0 bridgehead atoms. The van der Waals surface area contributed by atoms with Crippen LogP contribution in [0.25, 0.3) is 33.4 Å². The first kappa shape index (κ1) is 29.9. The van der Waals surface area contributed by atoms with Crippen molar-refractivity contribution in [1.29, 1.82) is 0 Å². The highest BCUT2D eigenvalue weighted by Gasteiger charge is 2.20. The van der Waals surface area contributed by atoms with E-state index >= 15 is 0 Å². The Morgan fingerprint density at radius 2 is 1.36 bits per heavy atom. The van der Waals surface area contributed by atoms with Gasteiger partial charge in [0.1, 0.15) is 11.3 Å². The first-order valence-corrected chi connectivity index (χ1v) is 14.0. The van der Waals surface area contributed by atoms with E-state index < -0.39 is 5.97 Å². The number of carbonyl (C=O) groups is 1. The summed E-state index contributed by atoms with van der Waals surface area (Å²) in [7, 11) is 8.04. The molecular weight excluding hydrogens is 548 g/mol. The zero-order chi connectivity index (χ0) is 30.1. The van der Waals surface area contributed by atoms with E-state index in [0.717, 1.165) is 50.3 Å². The van der Waals surface area contributed by atoms with Gasteiger partial charge in [-0.05, 0) is 60.2 Å². The van der Waals surface area contributed by atoms with E-state index in [2.05, 4.69) is 44.4 Å². The van der Waals surface area contributed by atoms with Crippen LogP contribution in [0.3, 0.4) is 0 Å². The molecular formula is C37H36N4O3. The average molecular weight is 585 g/mol. The van der Waals surface area contributed by atoms with Gasteiger partial charge in [0, 0.05) is 97.3 Å². The summed E-state index contributed by atoms with van der Waals surface area (Å²) >= 11 is 0. The van der Waals surface area contributed by atoms with Crippen molar-refractivity contribution in [2.24, 2.45) is 0 Å². The normalized spacial score (nSPS) is 11.3. The van der Waals surface area contributed by atoms with Gasteiger partial charge in [-0.3, -0.25) is 0 Å². The van der Waals surface area contributed by atoms with E-state index in [9.17, 15) is 9.90 Å². The highest BCUT2D eigenvalue weighted by Crippen LogP contribution is 2.41. The number of hydrogen-bond acceptors (Lipinski definition) is 6. The van der Waals surface area contributed by atoms with Gasteiger partial charge in [-0.15, -0.1) is 0 Å². The van der Waals surface area contributed by atoms with Crippen LogP contribution in [0.4, 0.5) is 28.4 Å². The van der Waals surface area contributed by atoms with Crippen LogP contribution in [0.15, 0.2) is 114 Å². The molecule has 7 heteroatoms. The number of benzene rings is 5. The topological polar surface area (TPSA) is 85.8 Å². The van der Waals surface area contributed by atoms with Gasteiger partial charge in [-0.1, -0.05) is 31.7 Å². The molecule has 0 unspecified atom stereocenters. The lowest BCUT2D eigenvalue weighted by Crippen LogP contribution is -2.70. The van der Waals surface area contributed by atoms with Gasteiger partial charge in [0.15, 0.2) is 0 Å². The summed E-state index contributed by atoms with van der Waals surface area (Å²) in [5.41, 5.74) is 7.87. The van der Waals surface area contributed by atoms with Crippen LogP contribution in [0.1, 0.15) is 17.8 Å². The predicted octanol–water partition coefficient (Wildman–Crippen LogP) is 5.39. The molecule has 0 atom stereocenters. The molecule has 0 saturated carbocycles. The Bertz CT molecular complexity index is 1970. The maximum atomic E-state index is 12.2. The molecule has 2 N–H and O–H groups in total. The van der Waals surface area contributed by atoms with Crippen molar-refractivity contribution in [1.82, 2.24) is 0 Å². The fourth-order valence-corrected chi connectivity index (χ4v) is 5.23. The number of rotatable bonds is 7. The minimum atomic E-state index is -1.23. The second kappa shape index (κ2) is 12.4. The zero-order valence-corrected chi connectivity index (χ0v) is 24.5. The minimum Gasteiger partial charge on any atom is -0.545 e. The van der Waals surface area contributed by atoms with Crippen LogP contribution in [0.5, 0.6) is 0 Å². The van der Waals surface area contributed by atoms with Crippen LogP contribution in [-0.2, 0) is 0 Å². The lowest BCUT2D eigenvalue weighted by molar-refractivity contribution is -0.402. The number of carboxylic acid groups (broad SMARTS) is 1. The molecule has 0 fully saturated rings. The number of nitrogens with one attached hydrogen (secondary N) is 2. The largest absolute Gasteiger partial charge is 0.545 e. The van der Waals surface area contributed by atoms with Crippen molar-refractivity contribution in [3.05, 3.63) is 120 Å². The number of fused-ring (bicyclic) bond motifs is 2. The molecule has 1 aliphatic heterocycles. The third-order valence-electron chi connectivity index (χ3n) is 7.48. The number of anilines is 4. The van der Waals surface area contributed by atoms with Gasteiger partial charge in [0.05, 0.1) is 12.0 Å². The summed E-state index contributed by atoms with van der Waals surface area (Å²) in [4.78, 5) is 19.7. The zero-order valence-electron chi connectivity index (χ0n) is 24.5. The number of nitrogens with zero attached hydrogens (tertiary/aromatic N) is 2. The first-order valence-electron chi connectivity index (χ1n) is 14.0. The van der Waals surface area contributed by atoms with Gasteiger partial charge < -0.3 is 29.4 Å². The molecule has 1 aliphatic carbocycles. The summed E-state index contributed by atoms with van der Waals surface area (Å²) in [6.07, 6.45) is 0. The highest BCUT2D eigenvalue weighted by molar-refractivity contribution is 6.07. The maximum Gasteiger partial charge on any atom is 0.207 e. The van der Waals surface area contributed by atoms with Gasteiger partial charge in [-0.2, -0.15) is 0 Å². The molecule has 6 rings (SSSR count). The summed E-state index contributed by atoms with van der Waals surface area (Å²) in [6, 6.07) is 35.0. The number of carboxylic acids is 1. The van der Waals surface area contributed by atoms with Gasteiger partial charge in [0.25, 0.3) is 0 Å². The molecule has 0 saturated heterocycles. The van der Waals surface area contributed by atoms with Crippen LogP contribution in [0, 0.1) is 0 Å². The molecule has 0 aromatic heterocycles. The Morgan fingerprint density at radius 3 is 2.02 bits per heavy atom. The third kappa shape index (κ3) is 5.99. The number of hydrogen-bond donors (Lipinski definition) is 2. The SMILES string of the molecule is C.CN(C)c1ccc(Nc2ccc3c(-c4ccccc4C(=O)[O-])c4ccc(=[NH+]c5ccc(N(C)C)cc5)cc-4oc3c2)cc1. The van der Waals surface area contributed by atoms with Crippen molar-refractivity contribution < 1.29 is 19.3 Å². The Labute approximate surface area is 257 Å². The molecule has 0 spiro atoms. The van der Waals surface area contributed by atoms with Crippen LogP contribution < -0.4 is 30.6 Å². The van der Waals surface area contributed by atoms with E-state index in [1.54, 1.807) is 12.1 Å². The molecule has 7 nitrogen and oxygen atoms in total. The Kier molecular flexibility index (Phi) is 8.40. The van der Waals surface area contributed by atoms with Crippen LogP contribution in [-0.4, -0.2) is 34.2 Å². The van der Waals surface area contributed by atoms with E-state index in [0.29, 0.717) is 16.9 Å². The van der Waals surface area contributed by atoms with E-state index in [1.165, 1.54) is 0 Å². The summed E-state index contributed by atoms with van der Waals surface area (Å²) in [6.45, 7) is 0. The van der Waals surface area contributed by atoms with Crippen molar-refractivity contribution in [2.75, 3.05) is 43.3 Å². The first-order chi connectivity index (χ1) is 20.8. The Morgan fingerprint density at radius 1 is 0.727 bits per heavy atom. The minimum absolute atomic E-state index is 0. The average Bonchev–Trinajstić information content (AvgIpc) is 3.00. The number of aromatic carboxylic acids is 1. The molecule has 0 amide bonds. The molecule has 0 radical (unpaired) electrons. The predicted molar refractivity (Wildman–Crippen MR) is 178 cm³/mol. The molecule has 2 aliphatic rings. The quantitative estimate of drug-likeness (QED) is 0.245. The maximum absolute atomic E-state index is 12.2. The third-order valence-corrected chi connectivity index (χ3v) is 7.48. The smallest absolute Gasteiger partial charge is 0.207 e. The fourth-order valence-electron chi connectivity index (χ4n) is 5.23. The van der Waals surface area contributed by atoms with Crippen molar-refractivity contribution in [2.45, 2.75) is 7.43 Å². The van der Waals surface area contributed by atoms with Crippen LogP contribution >= 0.6 is 0 Å². The lowest BCUT2D eigenvalue weighted by Gasteiger charge is -2.18.